The van der Waals surface area contributed by atoms with Crippen molar-refractivity contribution >= 4 is 17.8 Å². The van der Waals surface area contributed by atoms with Gasteiger partial charge in [-0.15, -0.1) is 0 Å². The van der Waals surface area contributed by atoms with E-state index in [0.717, 1.165) is 29.9 Å². The third-order valence-electron chi connectivity index (χ3n) is 5.69. The van der Waals surface area contributed by atoms with Gasteiger partial charge in [0.25, 0.3) is 5.91 Å². The predicted molar refractivity (Wildman–Crippen MR) is 131 cm³/mol. The number of hydrazone groups is 1. The molecule has 1 N–H and O–H groups in total. The molecule has 0 unspecified atom stereocenters. The molecule has 0 saturated carbocycles. The summed E-state index contributed by atoms with van der Waals surface area (Å²) in [6.07, 6.45) is 3.97. The van der Waals surface area contributed by atoms with Crippen molar-refractivity contribution in [3.05, 3.63) is 89.0 Å². The molecule has 1 aliphatic heterocycles. The number of rotatable bonds is 8. The summed E-state index contributed by atoms with van der Waals surface area (Å²) in [6, 6.07) is 22.4. The van der Waals surface area contributed by atoms with Crippen LogP contribution in [0, 0.1) is 11.3 Å². The molecular weight excluding hydrogens is 428 g/mol. The fraction of sp³-hybridized carbons (Fsp3) is 0.222. The van der Waals surface area contributed by atoms with Crippen LogP contribution in [0.3, 0.4) is 0 Å². The van der Waals surface area contributed by atoms with E-state index in [-0.39, 0.29) is 12.5 Å². The van der Waals surface area contributed by atoms with E-state index in [1.807, 2.05) is 48.5 Å². The number of nitrogens with zero attached hydrogens (tertiary/aromatic N) is 3. The number of benzene rings is 3. The lowest BCUT2D eigenvalue weighted by molar-refractivity contribution is 0.0955. The number of nitrogens with one attached hydrogen (secondary N) is 1. The van der Waals surface area contributed by atoms with Crippen molar-refractivity contribution in [2.45, 2.75) is 19.4 Å². The first-order valence-corrected chi connectivity index (χ1v) is 11.1. The van der Waals surface area contributed by atoms with Crippen LogP contribution >= 0.6 is 0 Å². The molecule has 0 spiro atoms. The van der Waals surface area contributed by atoms with Crippen molar-refractivity contribution in [3.63, 3.8) is 0 Å². The smallest absolute Gasteiger partial charge is 0.271 e. The Balaban J connectivity index is 1.35. The summed E-state index contributed by atoms with van der Waals surface area (Å²) in [5, 5.41) is 13.3. The van der Waals surface area contributed by atoms with Gasteiger partial charge in [-0.3, -0.25) is 4.79 Å². The molecular formula is C27H26N4O3. The van der Waals surface area contributed by atoms with Gasteiger partial charge in [-0.1, -0.05) is 18.2 Å². The van der Waals surface area contributed by atoms with Crippen molar-refractivity contribution in [2.24, 2.45) is 5.10 Å². The molecule has 1 fully saturated rings. The van der Waals surface area contributed by atoms with Gasteiger partial charge in [0.2, 0.25) is 0 Å². The maximum Gasteiger partial charge on any atom is 0.271 e. The highest BCUT2D eigenvalue weighted by Crippen LogP contribution is 2.28. The average Bonchev–Trinajstić information content (AvgIpc) is 3.43. The van der Waals surface area contributed by atoms with Crippen LogP contribution in [-0.2, 0) is 6.61 Å². The highest BCUT2D eigenvalue weighted by Gasteiger charge is 2.13. The predicted octanol–water partition coefficient (Wildman–Crippen LogP) is 4.51. The first kappa shape index (κ1) is 22.9. The molecule has 7 heteroatoms. The number of nitriles is 1. The van der Waals surface area contributed by atoms with Gasteiger partial charge < -0.3 is 14.4 Å². The highest BCUT2D eigenvalue weighted by atomic mass is 16.5. The van der Waals surface area contributed by atoms with E-state index in [1.54, 1.807) is 31.5 Å². The average molecular weight is 455 g/mol. The van der Waals surface area contributed by atoms with Crippen LogP contribution in [0.15, 0.2) is 71.8 Å². The zero-order chi connectivity index (χ0) is 23.8. The summed E-state index contributed by atoms with van der Waals surface area (Å²) in [5.74, 6) is 0.809. The van der Waals surface area contributed by atoms with Crippen molar-refractivity contribution in [3.8, 4) is 17.6 Å². The Morgan fingerprint density at radius 1 is 1.09 bits per heavy atom. The van der Waals surface area contributed by atoms with E-state index in [2.05, 4.69) is 21.5 Å². The quantitative estimate of drug-likeness (QED) is 0.400. The Bertz CT molecular complexity index is 1210. The Kier molecular flexibility index (Phi) is 7.41. The number of anilines is 1. The number of hydrogen-bond acceptors (Lipinski definition) is 6. The van der Waals surface area contributed by atoms with Crippen LogP contribution < -0.4 is 19.8 Å². The normalized spacial score (nSPS) is 13.0. The lowest BCUT2D eigenvalue weighted by Gasteiger charge is -2.17. The minimum atomic E-state index is -0.271. The molecule has 34 heavy (non-hydrogen) atoms. The Morgan fingerprint density at radius 2 is 1.85 bits per heavy atom. The van der Waals surface area contributed by atoms with Gasteiger partial charge in [0, 0.05) is 29.9 Å². The van der Waals surface area contributed by atoms with E-state index in [0.29, 0.717) is 22.6 Å². The molecule has 1 heterocycles. The molecule has 3 aromatic rings. The summed E-state index contributed by atoms with van der Waals surface area (Å²) < 4.78 is 11.3. The molecule has 1 aliphatic rings. The number of ether oxygens (including phenoxy) is 2. The standard InChI is InChI=1S/C27H26N4O3/c1-33-26-16-20(8-13-25(26)34-19-23-7-3-2-6-22(23)17-28)18-29-30-27(32)21-9-11-24(12-10-21)31-14-4-5-15-31/h2-3,6-13,16,18H,4-5,14-15,19H2,1H3,(H,30,32)/b29-18-. The summed E-state index contributed by atoms with van der Waals surface area (Å²) in [6.45, 7) is 2.38. The fourth-order valence-electron chi connectivity index (χ4n) is 3.82. The van der Waals surface area contributed by atoms with Crippen molar-refractivity contribution < 1.29 is 14.3 Å². The lowest BCUT2D eigenvalue weighted by atomic mass is 10.1. The zero-order valence-electron chi connectivity index (χ0n) is 19.0. The third kappa shape index (κ3) is 5.54. The second-order valence-electron chi connectivity index (χ2n) is 7.91. The number of methoxy groups -OCH3 is 1. The first-order chi connectivity index (χ1) is 16.7. The van der Waals surface area contributed by atoms with Gasteiger partial charge in [-0.05, 0) is 66.9 Å². The second kappa shape index (κ2) is 11.0. The highest BCUT2D eigenvalue weighted by molar-refractivity contribution is 5.95. The maximum absolute atomic E-state index is 12.4. The van der Waals surface area contributed by atoms with E-state index in [9.17, 15) is 10.1 Å². The van der Waals surface area contributed by atoms with Crippen LogP contribution in [0.25, 0.3) is 0 Å². The molecule has 0 aliphatic carbocycles. The topological polar surface area (TPSA) is 86.9 Å². The minimum Gasteiger partial charge on any atom is -0.493 e. The Hall–Kier alpha value is -4.31. The molecule has 3 aromatic carbocycles. The molecule has 0 atom stereocenters. The monoisotopic (exact) mass is 454 g/mol. The van der Waals surface area contributed by atoms with Crippen LogP contribution in [0.1, 0.15) is 39.9 Å². The second-order valence-corrected chi connectivity index (χ2v) is 7.91. The molecule has 4 rings (SSSR count). The summed E-state index contributed by atoms with van der Waals surface area (Å²) >= 11 is 0. The van der Waals surface area contributed by atoms with Crippen LogP contribution in [0.4, 0.5) is 5.69 Å². The van der Waals surface area contributed by atoms with E-state index >= 15 is 0 Å². The molecule has 0 bridgehead atoms. The molecule has 7 nitrogen and oxygen atoms in total. The number of carbonyl (C=O) groups is 1. The summed E-state index contributed by atoms with van der Waals surface area (Å²) in [5.41, 5.74) is 6.38. The molecule has 1 amide bonds. The van der Waals surface area contributed by atoms with E-state index in [4.69, 9.17) is 9.47 Å². The largest absolute Gasteiger partial charge is 0.493 e. The maximum atomic E-state index is 12.4. The Labute approximate surface area is 199 Å². The number of carbonyl (C=O) groups excluding carboxylic acids is 1. The molecule has 1 saturated heterocycles. The van der Waals surface area contributed by atoms with Crippen molar-refractivity contribution in [1.29, 1.82) is 5.26 Å². The van der Waals surface area contributed by atoms with E-state index < -0.39 is 0 Å². The van der Waals surface area contributed by atoms with E-state index in [1.165, 1.54) is 12.8 Å². The minimum absolute atomic E-state index is 0.250. The van der Waals surface area contributed by atoms with Gasteiger partial charge in [-0.2, -0.15) is 10.4 Å². The number of hydrogen-bond donors (Lipinski definition) is 1. The molecule has 172 valence electrons. The first-order valence-electron chi connectivity index (χ1n) is 11.1. The van der Waals surface area contributed by atoms with Crippen LogP contribution in [0.5, 0.6) is 11.5 Å². The van der Waals surface area contributed by atoms with Crippen molar-refractivity contribution in [1.82, 2.24) is 5.43 Å². The summed E-state index contributed by atoms with van der Waals surface area (Å²) in [7, 11) is 1.56. The lowest BCUT2D eigenvalue weighted by Crippen LogP contribution is -2.19. The van der Waals surface area contributed by atoms with Gasteiger partial charge in [0.15, 0.2) is 11.5 Å². The van der Waals surface area contributed by atoms with Gasteiger partial charge in [0.05, 0.1) is 25.0 Å². The number of amides is 1. The zero-order valence-corrected chi connectivity index (χ0v) is 19.0. The Morgan fingerprint density at radius 3 is 2.59 bits per heavy atom. The fourth-order valence-corrected chi connectivity index (χ4v) is 3.82. The third-order valence-corrected chi connectivity index (χ3v) is 5.69. The van der Waals surface area contributed by atoms with Gasteiger partial charge >= 0.3 is 0 Å². The molecule has 0 aromatic heterocycles. The van der Waals surface area contributed by atoms with Crippen LogP contribution in [-0.4, -0.2) is 32.3 Å². The molecule has 0 radical (unpaired) electrons. The van der Waals surface area contributed by atoms with Gasteiger partial charge in [0.1, 0.15) is 6.61 Å². The van der Waals surface area contributed by atoms with Crippen LogP contribution in [0.2, 0.25) is 0 Å². The summed E-state index contributed by atoms with van der Waals surface area (Å²) in [4.78, 5) is 14.7. The van der Waals surface area contributed by atoms with Gasteiger partial charge in [-0.25, -0.2) is 5.43 Å². The SMILES string of the molecule is COc1cc(/C=N\NC(=O)c2ccc(N3CCCC3)cc2)ccc1OCc1ccccc1C#N. The van der Waals surface area contributed by atoms with Crippen molar-refractivity contribution in [2.75, 3.05) is 25.1 Å².